The van der Waals surface area contributed by atoms with Gasteiger partial charge in [0.25, 0.3) is 0 Å². The zero-order valence-corrected chi connectivity index (χ0v) is 23.8. The third-order valence-electron chi connectivity index (χ3n) is 9.34. The Labute approximate surface area is 253 Å². The molecule has 0 unspecified atom stereocenters. The van der Waals surface area contributed by atoms with E-state index in [-0.39, 0.29) is 0 Å². The summed E-state index contributed by atoms with van der Waals surface area (Å²) in [7, 11) is 0. The van der Waals surface area contributed by atoms with E-state index in [1.54, 1.807) is 0 Å². The van der Waals surface area contributed by atoms with Gasteiger partial charge in [-0.1, -0.05) is 109 Å². The SMILES string of the molecule is c1ccc(-n2c3ccc(-c4ccc5oc6ccccc6c5c4)cc3c3c4c5ccccc5ccc4c4ccccc4c32)cc1. The van der Waals surface area contributed by atoms with Crippen LogP contribution in [0.2, 0.25) is 0 Å². The van der Waals surface area contributed by atoms with E-state index < -0.39 is 0 Å². The van der Waals surface area contributed by atoms with E-state index >= 15 is 0 Å². The highest BCUT2D eigenvalue weighted by Gasteiger charge is 2.21. The number of hydrogen-bond donors (Lipinski definition) is 0. The van der Waals surface area contributed by atoms with Crippen molar-refractivity contribution >= 4 is 76.1 Å². The quantitative estimate of drug-likeness (QED) is 0.193. The predicted molar refractivity (Wildman–Crippen MR) is 186 cm³/mol. The summed E-state index contributed by atoms with van der Waals surface area (Å²) < 4.78 is 8.61. The third-order valence-corrected chi connectivity index (χ3v) is 9.34. The van der Waals surface area contributed by atoms with Gasteiger partial charge in [0.15, 0.2) is 0 Å². The average Bonchev–Trinajstić information content (AvgIpc) is 3.64. The number of furan rings is 1. The molecule has 0 aliphatic carbocycles. The van der Waals surface area contributed by atoms with Crippen molar-refractivity contribution in [3.05, 3.63) is 152 Å². The Bertz CT molecular complexity index is 2760. The van der Waals surface area contributed by atoms with Crippen LogP contribution >= 0.6 is 0 Å². The number of hydrogen-bond acceptors (Lipinski definition) is 1. The minimum atomic E-state index is 0.917. The minimum Gasteiger partial charge on any atom is -0.456 e. The van der Waals surface area contributed by atoms with Crippen LogP contribution in [0.25, 0.3) is 92.9 Å². The van der Waals surface area contributed by atoms with Crippen molar-refractivity contribution in [2.75, 3.05) is 0 Å². The molecule has 2 nitrogen and oxygen atoms in total. The van der Waals surface area contributed by atoms with Crippen molar-refractivity contribution in [3.63, 3.8) is 0 Å². The fraction of sp³-hybridized carbons (Fsp3) is 0. The maximum Gasteiger partial charge on any atom is 0.135 e. The lowest BCUT2D eigenvalue weighted by Gasteiger charge is -2.13. The molecule has 0 spiro atoms. The number of para-hydroxylation sites is 2. The highest BCUT2D eigenvalue weighted by molar-refractivity contribution is 6.37. The summed E-state index contributed by atoms with van der Waals surface area (Å²) in [5.41, 5.74) is 7.83. The molecule has 0 fully saturated rings. The van der Waals surface area contributed by atoms with Gasteiger partial charge in [-0.3, -0.25) is 0 Å². The smallest absolute Gasteiger partial charge is 0.135 e. The fourth-order valence-electron chi connectivity index (χ4n) is 7.42. The second-order valence-electron chi connectivity index (χ2n) is 11.7. The lowest BCUT2D eigenvalue weighted by atomic mass is 9.92. The molecule has 204 valence electrons. The van der Waals surface area contributed by atoms with Crippen LogP contribution in [-0.2, 0) is 0 Å². The molecule has 0 N–H and O–H groups in total. The number of fused-ring (bicyclic) bond motifs is 13. The molecule has 0 aliphatic heterocycles. The lowest BCUT2D eigenvalue weighted by molar-refractivity contribution is 0.669. The predicted octanol–water partition coefficient (Wildman–Crippen LogP) is 11.8. The Morgan fingerprint density at radius 3 is 1.91 bits per heavy atom. The molecule has 0 saturated heterocycles. The molecule has 0 amide bonds. The summed E-state index contributed by atoms with van der Waals surface area (Å²) >= 11 is 0. The summed E-state index contributed by atoms with van der Waals surface area (Å²) in [5.74, 6) is 0. The van der Waals surface area contributed by atoms with E-state index in [0.717, 1.165) is 27.6 Å². The molecule has 0 saturated carbocycles. The fourth-order valence-corrected chi connectivity index (χ4v) is 7.42. The van der Waals surface area contributed by atoms with E-state index in [1.807, 2.05) is 12.1 Å². The van der Waals surface area contributed by atoms with Gasteiger partial charge in [0, 0.05) is 38.0 Å². The van der Waals surface area contributed by atoms with Crippen molar-refractivity contribution in [1.29, 1.82) is 0 Å². The zero-order chi connectivity index (χ0) is 28.8. The minimum absolute atomic E-state index is 0.917. The Kier molecular flexibility index (Phi) is 4.75. The van der Waals surface area contributed by atoms with E-state index in [2.05, 4.69) is 144 Å². The zero-order valence-electron chi connectivity index (χ0n) is 23.8. The molecule has 0 radical (unpaired) electrons. The first kappa shape index (κ1) is 23.7. The van der Waals surface area contributed by atoms with Crippen molar-refractivity contribution in [1.82, 2.24) is 4.57 Å². The Morgan fingerprint density at radius 1 is 0.386 bits per heavy atom. The van der Waals surface area contributed by atoms with Gasteiger partial charge in [-0.25, -0.2) is 0 Å². The first-order chi connectivity index (χ1) is 21.8. The summed E-state index contributed by atoms with van der Waals surface area (Å²) in [6.07, 6.45) is 0. The molecular formula is C42H25NO. The van der Waals surface area contributed by atoms with Gasteiger partial charge in [-0.2, -0.15) is 0 Å². The van der Waals surface area contributed by atoms with E-state index in [1.165, 1.54) is 65.3 Å². The van der Waals surface area contributed by atoms with Gasteiger partial charge in [0.2, 0.25) is 0 Å². The first-order valence-corrected chi connectivity index (χ1v) is 15.1. The van der Waals surface area contributed by atoms with Crippen LogP contribution in [0.1, 0.15) is 0 Å². The van der Waals surface area contributed by atoms with Crippen molar-refractivity contribution in [2.45, 2.75) is 0 Å². The molecule has 0 aliphatic rings. The molecule has 2 aromatic heterocycles. The van der Waals surface area contributed by atoms with E-state index in [9.17, 15) is 0 Å². The van der Waals surface area contributed by atoms with Gasteiger partial charge < -0.3 is 8.98 Å². The average molecular weight is 560 g/mol. The Balaban J connectivity index is 1.40. The largest absolute Gasteiger partial charge is 0.456 e. The van der Waals surface area contributed by atoms with E-state index in [4.69, 9.17) is 4.42 Å². The van der Waals surface area contributed by atoms with Crippen LogP contribution in [0.4, 0.5) is 0 Å². The van der Waals surface area contributed by atoms with Crippen LogP contribution in [-0.4, -0.2) is 4.57 Å². The van der Waals surface area contributed by atoms with Crippen molar-refractivity contribution in [2.24, 2.45) is 0 Å². The summed E-state index contributed by atoms with van der Waals surface area (Å²) in [6.45, 7) is 0. The highest BCUT2D eigenvalue weighted by Crippen LogP contribution is 2.45. The number of aromatic nitrogens is 1. The maximum atomic E-state index is 6.15. The molecule has 44 heavy (non-hydrogen) atoms. The number of nitrogens with zero attached hydrogens (tertiary/aromatic N) is 1. The lowest BCUT2D eigenvalue weighted by Crippen LogP contribution is -1.94. The standard InChI is InChI=1S/C42H25NO/c1-2-11-29(12-3-1)43-37-22-19-27(28-20-23-39-35(24-28)32-15-8-9-17-38(32)44-39)25-36(37)41-40-30-13-5-4-10-26(30)18-21-33(40)31-14-6-7-16-34(31)42(41)43/h1-25H. The first-order valence-electron chi connectivity index (χ1n) is 15.1. The van der Waals surface area contributed by atoms with Gasteiger partial charge >= 0.3 is 0 Å². The summed E-state index contributed by atoms with van der Waals surface area (Å²) in [4.78, 5) is 0. The van der Waals surface area contributed by atoms with Gasteiger partial charge in [-0.05, 0) is 75.1 Å². The van der Waals surface area contributed by atoms with Crippen molar-refractivity contribution < 1.29 is 4.42 Å². The van der Waals surface area contributed by atoms with Crippen LogP contribution in [0.5, 0.6) is 0 Å². The molecule has 2 heteroatoms. The van der Waals surface area contributed by atoms with Gasteiger partial charge in [0.05, 0.1) is 11.0 Å². The Morgan fingerprint density at radius 2 is 1.05 bits per heavy atom. The number of benzene rings is 8. The molecule has 2 heterocycles. The van der Waals surface area contributed by atoms with Crippen LogP contribution in [0.3, 0.4) is 0 Å². The third kappa shape index (κ3) is 3.20. The molecular weight excluding hydrogens is 534 g/mol. The van der Waals surface area contributed by atoms with Gasteiger partial charge in [0.1, 0.15) is 11.2 Å². The maximum absolute atomic E-state index is 6.15. The number of rotatable bonds is 2. The molecule has 10 aromatic rings. The van der Waals surface area contributed by atoms with Crippen LogP contribution in [0.15, 0.2) is 156 Å². The normalized spacial score (nSPS) is 12.1. The van der Waals surface area contributed by atoms with Crippen molar-refractivity contribution in [3.8, 4) is 16.8 Å². The molecule has 8 aromatic carbocycles. The summed E-state index contributed by atoms with van der Waals surface area (Å²) in [6, 6.07) is 54.9. The van der Waals surface area contributed by atoms with Gasteiger partial charge in [-0.15, -0.1) is 0 Å². The highest BCUT2D eigenvalue weighted by atomic mass is 16.3. The monoisotopic (exact) mass is 559 g/mol. The van der Waals surface area contributed by atoms with Crippen LogP contribution in [0, 0.1) is 0 Å². The summed E-state index contributed by atoms with van der Waals surface area (Å²) in [5, 5.41) is 12.5. The Hall–Kier alpha value is -5.86. The molecule has 0 atom stereocenters. The molecule has 10 rings (SSSR count). The second kappa shape index (κ2) is 8.82. The molecule has 0 bridgehead atoms. The van der Waals surface area contributed by atoms with E-state index in [0.29, 0.717) is 0 Å². The second-order valence-corrected chi connectivity index (χ2v) is 11.7. The van der Waals surface area contributed by atoms with Crippen LogP contribution < -0.4 is 0 Å². The topological polar surface area (TPSA) is 18.1 Å².